The van der Waals surface area contributed by atoms with Crippen molar-refractivity contribution in [1.29, 1.82) is 0 Å². The van der Waals surface area contributed by atoms with Crippen LogP contribution in [0.15, 0.2) is 23.6 Å². The number of anilines is 1. The van der Waals surface area contributed by atoms with E-state index in [9.17, 15) is 8.42 Å². The van der Waals surface area contributed by atoms with Crippen LogP contribution in [0.25, 0.3) is 0 Å². The van der Waals surface area contributed by atoms with Gasteiger partial charge in [0.25, 0.3) is 10.0 Å². The molecule has 0 amide bonds. The van der Waals surface area contributed by atoms with Gasteiger partial charge in [-0.2, -0.15) is 18.6 Å². The third kappa shape index (κ3) is 3.36. The fourth-order valence-electron chi connectivity index (χ4n) is 1.74. The Morgan fingerprint density at radius 2 is 2.20 bits per heavy atom. The monoisotopic (exact) mass is 298 g/mol. The Labute approximate surface area is 117 Å². The van der Waals surface area contributed by atoms with Crippen LogP contribution in [0.3, 0.4) is 0 Å². The van der Waals surface area contributed by atoms with Gasteiger partial charge < -0.3 is 5.32 Å². The Hall–Kier alpha value is -1.87. The van der Waals surface area contributed by atoms with E-state index in [0.29, 0.717) is 17.8 Å². The molecule has 9 heteroatoms. The van der Waals surface area contributed by atoms with Crippen molar-refractivity contribution < 1.29 is 8.42 Å². The number of hydrogen-bond acceptors (Lipinski definition) is 5. The molecule has 0 saturated heterocycles. The van der Waals surface area contributed by atoms with Crippen molar-refractivity contribution in [3.8, 4) is 0 Å². The number of hydrogen-bond donors (Lipinski definition) is 3. The summed E-state index contributed by atoms with van der Waals surface area (Å²) in [4.78, 5) is 0. The molecule has 0 unspecified atom stereocenters. The lowest BCUT2D eigenvalue weighted by atomic mass is 10.3. The van der Waals surface area contributed by atoms with Gasteiger partial charge in [0, 0.05) is 25.4 Å². The lowest BCUT2D eigenvalue weighted by molar-refractivity contribution is 0.593. The van der Waals surface area contributed by atoms with Crippen LogP contribution in [0.2, 0.25) is 0 Å². The largest absolute Gasteiger partial charge is 0.313 e. The molecule has 0 spiro atoms. The van der Waals surface area contributed by atoms with Gasteiger partial charge in [-0.25, -0.2) is 0 Å². The van der Waals surface area contributed by atoms with Gasteiger partial charge in [0.15, 0.2) is 5.03 Å². The molecule has 0 saturated carbocycles. The number of rotatable bonds is 7. The Balaban J connectivity index is 2.15. The zero-order valence-electron chi connectivity index (χ0n) is 11.4. The first-order valence-electron chi connectivity index (χ1n) is 6.27. The molecule has 0 bridgehead atoms. The molecule has 0 radical (unpaired) electrons. The number of aromatic amines is 1. The van der Waals surface area contributed by atoms with E-state index in [2.05, 4.69) is 25.3 Å². The molecule has 0 aliphatic carbocycles. The molecule has 2 rings (SSSR count). The predicted molar refractivity (Wildman–Crippen MR) is 74.6 cm³/mol. The maximum absolute atomic E-state index is 12.3. The molecule has 2 aromatic heterocycles. The van der Waals surface area contributed by atoms with Crippen molar-refractivity contribution in [2.75, 3.05) is 11.3 Å². The van der Waals surface area contributed by atoms with Gasteiger partial charge in [0.2, 0.25) is 0 Å². The van der Waals surface area contributed by atoms with Gasteiger partial charge in [0.1, 0.15) is 0 Å². The standard InChI is InChI=1S/C11H18N6O2S/c1-3-4-12-5-9-6-13-15-11(9)20(18,19)16-10-7-14-17(2)8-10/h6-8,12,16H,3-5H2,1-2H3,(H,13,15). The van der Waals surface area contributed by atoms with Crippen molar-refractivity contribution in [3.05, 3.63) is 24.2 Å². The smallest absolute Gasteiger partial charge is 0.279 e. The number of H-pyrrole nitrogens is 1. The van der Waals surface area contributed by atoms with Crippen molar-refractivity contribution in [2.45, 2.75) is 24.9 Å². The Kier molecular flexibility index (Phi) is 4.40. The predicted octanol–water partition coefficient (Wildman–Crippen LogP) is 0.444. The highest BCUT2D eigenvalue weighted by atomic mass is 32.2. The van der Waals surface area contributed by atoms with E-state index < -0.39 is 10.0 Å². The summed E-state index contributed by atoms with van der Waals surface area (Å²) >= 11 is 0. The molecular weight excluding hydrogens is 280 g/mol. The minimum atomic E-state index is -3.69. The molecule has 3 N–H and O–H groups in total. The van der Waals surface area contributed by atoms with Crippen LogP contribution < -0.4 is 10.0 Å². The van der Waals surface area contributed by atoms with Gasteiger partial charge in [-0.1, -0.05) is 6.92 Å². The van der Waals surface area contributed by atoms with Crippen LogP contribution in [0, 0.1) is 0 Å². The second-order valence-corrected chi connectivity index (χ2v) is 6.03. The normalized spacial score (nSPS) is 11.7. The molecule has 110 valence electrons. The first kappa shape index (κ1) is 14.5. The number of aromatic nitrogens is 4. The summed E-state index contributed by atoms with van der Waals surface area (Å²) in [5.74, 6) is 0. The summed E-state index contributed by atoms with van der Waals surface area (Å²) in [6, 6.07) is 0. The molecular formula is C11H18N6O2S. The van der Waals surface area contributed by atoms with Gasteiger partial charge in [0.05, 0.1) is 18.1 Å². The second kappa shape index (κ2) is 6.06. The highest BCUT2D eigenvalue weighted by molar-refractivity contribution is 7.92. The zero-order valence-corrected chi connectivity index (χ0v) is 12.2. The highest BCUT2D eigenvalue weighted by Crippen LogP contribution is 2.16. The molecule has 2 heterocycles. The van der Waals surface area contributed by atoms with Crippen LogP contribution in [-0.2, 0) is 23.6 Å². The van der Waals surface area contributed by atoms with E-state index in [-0.39, 0.29) is 5.03 Å². The van der Waals surface area contributed by atoms with Gasteiger partial charge in [-0.05, 0) is 13.0 Å². The molecule has 0 aromatic carbocycles. The lowest BCUT2D eigenvalue weighted by Crippen LogP contribution is -2.19. The van der Waals surface area contributed by atoms with Crippen molar-refractivity contribution in [2.24, 2.45) is 7.05 Å². The fourth-order valence-corrected chi connectivity index (χ4v) is 2.90. The Morgan fingerprint density at radius 1 is 1.40 bits per heavy atom. The van der Waals surface area contributed by atoms with Crippen molar-refractivity contribution in [3.63, 3.8) is 0 Å². The second-order valence-electron chi connectivity index (χ2n) is 4.41. The van der Waals surface area contributed by atoms with Gasteiger partial charge in [-0.15, -0.1) is 0 Å². The quantitative estimate of drug-likeness (QED) is 0.643. The average Bonchev–Trinajstić information content (AvgIpc) is 2.99. The third-order valence-electron chi connectivity index (χ3n) is 2.65. The highest BCUT2D eigenvalue weighted by Gasteiger charge is 2.21. The number of nitrogens with zero attached hydrogens (tertiary/aromatic N) is 3. The summed E-state index contributed by atoms with van der Waals surface area (Å²) in [6.07, 6.45) is 5.53. The fraction of sp³-hybridized carbons (Fsp3) is 0.455. The van der Waals surface area contributed by atoms with Crippen molar-refractivity contribution >= 4 is 15.7 Å². The zero-order chi connectivity index (χ0) is 14.6. The van der Waals surface area contributed by atoms with Crippen LogP contribution >= 0.6 is 0 Å². The Bertz CT molecular complexity index is 660. The minimum Gasteiger partial charge on any atom is -0.313 e. The van der Waals surface area contributed by atoms with Crippen molar-refractivity contribution in [1.82, 2.24) is 25.3 Å². The Morgan fingerprint density at radius 3 is 2.85 bits per heavy atom. The summed E-state index contributed by atoms with van der Waals surface area (Å²) in [6.45, 7) is 3.32. The lowest BCUT2D eigenvalue weighted by Gasteiger charge is -2.07. The first-order chi connectivity index (χ1) is 9.53. The van der Waals surface area contributed by atoms with Crippen LogP contribution in [0.5, 0.6) is 0 Å². The summed E-state index contributed by atoms with van der Waals surface area (Å²) in [5, 5.41) is 13.5. The topological polar surface area (TPSA) is 105 Å². The van der Waals surface area contributed by atoms with Crippen LogP contribution in [-0.4, -0.2) is 34.9 Å². The average molecular weight is 298 g/mol. The molecule has 20 heavy (non-hydrogen) atoms. The molecule has 0 aliphatic heterocycles. The number of aryl methyl sites for hydroxylation is 1. The van der Waals surface area contributed by atoms with E-state index >= 15 is 0 Å². The van der Waals surface area contributed by atoms with E-state index in [4.69, 9.17) is 0 Å². The molecule has 8 nitrogen and oxygen atoms in total. The van der Waals surface area contributed by atoms with E-state index in [1.165, 1.54) is 17.1 Å². The van der Waals surface area contributed by atoms with E-state index in [0.717, 1.165) is 13.0 Å². The van der Waals surface area contributed by atoms with Crippen LogP contribution in [0.4, 0.5) is 5.69 Å². The van der Waals surface area contributed by atoms with Crippen LogP contribution in [0.1, 0.15) is 18.9 Å². The first-order valence-corrected chi connectivity index (χ1v) is 7.75. The molecule has 0 aliphatic rings. The third-order valence-corrected chi connectivity index (χ3v) is 4.04. The number of nitrogens with one attached hydrogen (secondary N) is 3. The van der Waals surface area contributed by atoms with Gasteiger partial charge in [-0.3, -0.25) is 14.5 Å². The van der Waals surface area contributed by atoms with Gasteiger partial charge >= 0.3 is 0 Å². The SMILES string of the molecule is CCCNCc1cn[nH]c1S(=O)(=O)Nc1cnn(C)c1. The van der Waals surface area contributed by atoms with E-state index in [1.54, 1.807) is 13.2 Å². The molecule has 0 atom stereocenters. The minimum absolute atomic E-state index is 0.0740. The number of sulfonamides is 1. The summed E-state index contributed by atoms with van der Waals surface area (Å²) in [5.41, 5.74) is 1.02. The summed E-state index contributed by atoms with van der Waals surface area (Å²) < 4.78 is 28.5. The summed E-state index contributed by atoms with van der Waals surface area (Å²) in [7, 11) is -1.97. The molecule has 2 aromatic rings. The maximum Gasteiger partial charge on any atom is 0.279 e. The maximum atomic E-state index is 12.3. The van der Waals surface area contributed by atoms with E-state index in [1.807, 2.05) is 6.92 Å². The molecule has 0 fully saturated rings.